The van der Waals surface area contributed by atoms with E-state index in [1.807, 2.05) is 0 Å². The summed E-state index contributed by atoms with van der Waals surface area (Å²) < 4.78 is 39.8. The van der Waals surface area contributed by atoms with Crippen LogP contribution < -0.4 is 10.2 Å². The molecule has 1 unspecified atom stereocenters. The number of aliphatic hydroxyl groups excluding tert-OH is 1. The van der Waals surface area contributed by atoms with Gasteiger partial charge in [-0.25, -0.2) is 0 Å². The Balaban J connectivity index is 2.26. The number of nitrogens with zero attached hydrogens (tertiary/aromatic N) is 1. The van der Waals surface area contributed by atoms with Crippen LogP contribution in [-0.2, 0) is 12.7 Å². The van der Waals surface area contributed by atoms with Gasteiger partial charge < -0.3 is 15.3 Å². The van der Waals surface area contributed by atoms with Gasteiger partial charge in [0.2, 0.25) is 0 Å². The highest BCUT2D eigenvalue weighted by atomic mass is 19.4. The van der Waals surface area contributed by atoms with E-state index in [9.17, 15) is 13.2 Å². The zero-order valence-corrected chi connectivity index (χ0v) is 12.1. The second-order valence-electron chi connectivity index (χ2n) is 5.49. The second kappa shape index (κ2) is 6.66. The van der Waals surface area contributed by atoms with Crippen LogP contribution in [0.25, 0.3) is 0 Å². The van der Waals surface area contributed by atoms with E-state index >= 15 is 0 Å². The van der Waals surface area contributed by atoms with Gasteiger partial charge in [-0.05, 0) is 43.5 Å². The number of nitrogens with one attached hydrogen (secondary N) is 1. The van der Waals surface area contributed by atoms with Crippen molar-refractivity contribution in [2.24, 2.45) is 5.92 Å². The lowest BCUT2D eigenvalue weighted by Crippen LogP contribution is -2.24. The SMILES string of the molecule is CNCc1ccc(N2CCC(CCO)C2)c(C(F)(F)F)c1. The molecule has 2 rings (SSSR count). The molecule has 6 heteroatoms. The molecule has 2 N–H and O–H groups in total. The molecule has 1 aromatic carbocycles. The summed E-state index contributed by atoms with van der Waals surface area (Å²) in [6.45, 7) is 1.69. The molecular formula is C15H21F3N2O. The number of rotatable bonds is 5. The van der Waals surface area contributed by atoms with E-state index in [-0.39, 0.29) is 18.2 Å². The first-order valence-electron chi connectivity index (χ1n) is 7.16. The van der Waals surface area contributed by atoms with Crippen LogP contribution in [0.5, 0.6) is 0 Å². The summed E-state index contributed by atoms with van der Waals surface area (Å²) in [5.41, 5.74) is 0.308. The minimum atomic E-state index is -4.35. The fourth-order valence-corrected chi connectivity index (χ4v) is 2.87. The molecule has 0 bridgehead atoms. The third-order valence-corrected chi connectivity index (χ3v) is 3.91. The normalized spacial score (nSPS) is 19.3. The Kier molecular flexibility index (Phi) is 5.11. The third-order valence-electron chi connectivity index (χ3n) is 3.91. The third kappa shape index (κ3) is 3.89. The van der Waals surface area contributed by atoms with Gasteiger partial charge >= 0.3 is 6.18 Å². The predicted molar refractivity (Wildman–Crippen MR) is 76.2 cm³/mol. The lowest BCUT2D eigenvalue weighted by atomic mass is 10.1. The topological polar surface area (TPSA) is 35.5 Å². The van der Waals surface area contributed by atoms with Crippen molar-refractivity contribution in [2.45, 2.75) is 25.6 Å². The molecule has 1 atom stereocenters. The number of benzene rings is 1. The smallest absolute Gasteiger partial charge is 0.396 e. The Labute approximate surface area is 122 Å². The van der Waals surface area contributed by atoms with Gasteiger partial charge in [-0.3, -0.25) is 0 Å². The maximum absolute atomic E-state index is 13.3. The number of halogens is 3. The van der Waals surface area contributed by atoms with Crippen LogP contribution >= 0.6 is 0 Å². The van der Waals surface area contributed by atoms with Gasteiger partial charge in [0.1, 0.15) is 0 Å². The van der Waals surface area contributed by atoms with Crippen molar-refractivity contribution in [1.29, 1.82) is 0 Å². The summed E-state index contributed by atoms with van der Waals surface area (Å²) in [4.78, 5) is 1.78. The first kappa shape index (κ1) is 16.1. The van der Waals surface area contributed by atoms with Crippen LogP contribution in [0, 0.1) is 5.92 Å². The van der Waals surface area contributed by atoms with Crippen molar-refractivity contribution in [2.75, 3.05) is 31.6 Å². The van der Waals surface area contributed by atoms with Gasteiger partial charge in [-0.15, -0.1) is 0 Å². The first-order chi connectivity index (χ1) is 9.95. The summed E-state index contributed by atoms with van der Waals surface area (Å²) in [7, 11) is 1.71. The van der Waals surface area contributed by atoms with Crippen LogP contribution in [0.3, 0.4) is 0 Å². The quantitative estimate of drug-likeness (QED) is 0.878. The predicted octanol–water partition coefficient (Wildman–Crippen LogP) is 2.63. The van der Waals surface area contributed by atoms with Gasteiger partial charge in [0.15, 0.2) is 0 Å². The monoisotopic (exact) mass is 302 g/mol. The maximum atomic E-state index is 13.3. The van der Waals surface area contributed by atoms with Gasteiger partial charge in [0.25, 0.3) is 0 Å². The Hall–Kier alpha value is -1.27. The number of hydrogen-bond donors (Lipinski definition) is 2. The van der Waals surface area contributed by atoms with Crippen molar-refractivity contribution in [3.8, 4) is 0 Å². The Morgan fingerprint density at radius 1 is 1.38 bits per heavy atom. The highest BCUT2D eigenvalue weighted by molar-refractivity contribution is 5.57. The minimum absolute atomic E-state index is 0.0890. The lowest BCUT2D eigenvalue weighted by molar-refractivity contribution is -0.137. The van der Waals surface area contributed by atoms with E-state index in [4.69, 9.17) is 5.11 Å². The summed E-state index contributed by atoms with van der Waals surface area (Å²) >= 11 is 0. The molecular weight excluding hydrogens is 281 g/mol. The molecule has 1 aliphatic heterocycles. The average molecular weight is 302 g/mol. The maximum Gasteiger partial charge on any atom is 0.418 e. The van der Waals surface area contributed by atoms with Crippen molar-refractivity contribution in [3.05, 3.63) is 29.3 Å². The largest absolute Gasteiger partial charge is 0.418 e. The van der Waals surface area contributed by atoms with Crippen molar-refractivity contribution in [3.63, 3.8) is 0 Å². The number of aliphatic hydroxyl groups is 1. The molecule has 0 amide bonds. The van der Waals surface area contributed by atoms with E-state index in [1.165, 1.54) is 6.07 Å². The van der Waals surface area contributed by atoms with Gasteiger partial charge in [0.05, 0.1) is 5.56 Å². The number of hydrogen-bond acceptors (Lipinski definition) is 3. The fraction of sp³-hybridized carbons (Fsp3) is 0.600. The van der Waals surface area contributed by atoms with Crippen molar-refractivity contribution >= 4 is 5.69 Å². The lowest BCUT2D eigenvalue weighted by Gasteiger charge is -2.24. The molecule has 1 aliphatic rings. The molecule has 1 heterocycles. The summed E-state index contributed by atoms with van der Waals surface area (Å²) in [6.07, 6.45) is -2.88. The molecule has 0 aromatic heterocycles. The van der Waals surface area contributed by atoms with Crippen LogP contribution in [0.15, 0.2) is 18.2 Å². The van der Waals surface area contributed by atoms with Crippen molar-refractivity contribution < 1.29 is 18.3 Å². The Bertz CT molecular complexity index is 476. The van der Waals surface area contributed by atoms with Gasteiger partial charge in [-0.1, -0.05) is 6.07 Å². The zero-order valence-electron chi connectivity index (χ0n) is 12.1. The molecule has 0 saturated carbocycles. The van der Waals surface area contributed by atoms with E-state index in [2.05, 4.69) is 5.32 Å². The van der Waals surface area contributed by atoms with Gasteiger partial charge in [0, 0.05) is 31.9 Å². The van der Waals surface area contributed by atoms with Crippen molar-refractivity contribution in [1.82, 2.24) is 5.32 Å². The molecule has 0 spiro atoms. The van der Waals surface area contributed by atoms with E-state index in [0.29, 0.717) is 31.6 Å². The molecule has 1 aromatic rings. The zero-order chi connectivity index (χ0) is 15.5. The molecule has 0 aliphatic carbocycles. The fourth-order valence-electron chi connectivity index (χ4n) is 2.87. The highest BCUT2D eigenvalue weighted by Crippen LogP contribution is 2.39. The summed E-state index contributed by atoms with van der Waals surface area (Å²) in [6, 6.07) is 4.53. The molecule has 21 heavy (non-hydrogen) atoms. The Morgan fingerprint density at radius 3 is 2.76 bits per heavy atom. The highest BCUT2D eigenvalue weighted by Gasteiger charge is 2.36. The first-order valence-corrected chi connectivity index (χ1v) is 7.16. The van der Waals surface area contributed by atoms with E-state index in [1.54, 1.807) is 24.1 Å². The second-order valence-corrected chi connectivity index (χ2v) is 5.49. The molecule has 3 nitrogen and oxygen atoms in total. The van der Waals surface area contributed by atoms with Gasteiger partial charge in [-0.2, -0.15) is 13.2 Å². The molecule has 1 fully saturated rings. The van der Waals surface area contributed by atoms with Crippen LogP contribution in [0.4, 0.5) is 18.9 Å². The van der Waals surface area contributed by atoms with E-state index < -0.39 is 11.7 Å². The molecule has 118 valence electrons. The average Bonchev–Trinajstić information content (AvgIpc) is 2.87. The molecule has 0 radical (unpaired) electrons. The summed E-state index contributed by atoms with van der Waals surface area (Å²) in [5, 5.41) is 11.8. The Morgan fingerprint density at radius 2 is 2.14 bits per heavy atom. The minimum Gasteiger partial charge on any atom is -0.396 e. The van der Waals surface area contributed by atoms with Crippen LogP contribution in [0.1, 0.15) is 24.0 Å². The van der Waals surface area contributed by atoms with Crippen LogP contribution in [0.2, 0.25) is 0 Å². The van der Waals surface area contributed by atoms with E-state index in [0.717, 1.165) is 6.42 Å². The summed E-state index contributed by atoms with van der Waals surface area (Å²) in [5.74, 6) is 0.271. The standard InChI is InChI=1S/C15H21F3N2O/c1-19-9-12-2-3-14(13(8-12)15(16,17)18)20-6-4-11(10-20)5-7-21/h2-3,8,11,19,21H,4-7,9-10H2,1H3. The van der Waals surface area contributed by atoms with Crippen LogP contribution in [-0.4, -0.2) is 31.9 Å². The molecule has 1 saturated heterocycles. The number of alkyl halides is 3. The number of anilines is 1.